The van der Waals surface area contributed by atoms with Crippen LogP contribution in [0.1, 0.15) is 25.2 Å². The largest absolute Gasteiger partial charge is 0.438 e. The predicted molar refractivity (Wildman–Crippen MR) is 60.8 cm³/mol. The van der Waals surface area contributed by atoms with Gasteiger partial charge in [-0.05, 0) is 31.4 Å². The second-order valence-electron chi connectivity index (χ2n) is 4.20. The number of aromatic nitrogens is 1. The zero-order valence-electron chi connectivity index (χ0n) is 8.98. The van der Waals surface area contributed by atoms with Crippen LogP contribution in [0.25, 0.3) is 11.1 Å². The first-order valence-corrected chi connectivity index (χ1v) is 5.58. The average Bonchev–Trinajstić information content (AvgIpc) is 2.57. The first-order chi connectivity index (χ1) is 7.81. The summed E-state index contributed by atoms with van der Waals surface area (Å²) < 4.78 is 11.2. The molecule has 1 fully saturated rings. The maximum atomic E-state index is 5.67. The molecule has 0 amide bonds. The number of rotatable bonds is 3. The molecule has 0 saturated heterocycles. The van der Waals surface area contributed by atoms with Crippen LogP contribution in [0.5, 0.6) is 0 Å². The lowest BCUT2D eigenvalue weighted by Crippen LogP contribution is -2.21. The molecule has 2 aromatic rings. The zero-order valence-corrected chi connectivity index (χ0v) is 8.98. The Bertz CT molecular complexity index is 503. The molecule has 2 N–H and O–H groups in total. The van der Waals surface area contributed by atoms with Crippen LogP contribution in [-0.2, 0) is 11.3 Å². The number of benzene rings is 1. The zero-order chi connectivity index (χ0) is 11.0. The number of anilines is 1. The third-order valence-corrected chi connectivity index (χ3v) is 2.95. The number of oxazole rings is 1. The molecule has 0 radical (unpaired) electrons. The van der Waals surface area contributed by atoms with Gasteiger partial charge in [-0.3, -0.25) is 0 Å². The highest BCUT2D eigenvalue weighted by Gasteiger charge is 2.18. The molecule has 1 saturated carbocycles. The maximum Gasteiger partial charge on any atom is 0.221 e. The summed E-state index contributed by atoms with van der Waals surface area (Å²) in [6.45, 7) is 0.458. The monoisotopic (exact) mass is 218 g/mol. The highest BCUT2D eigenvalue weighted by molar-refractivity contribution is 5.76. The Kier molecular flexibility index (Phi) is 2.29. The Morgan fingerprint density at radius 2 is 2.31 bits per heavy atom. The summed E-state index contributed by atoms with van der Waals surface area (Å²) in [6, 6.07) is 5.47. The fraction of sp³-hybridized carbons (Fsp3) is 0.417. The van der Waals surface area contributed by atoms with Crippen LogP contribution in [0, 0.1) is 0 Å². The highest BCUT2D eigenvalue weighted by atomic mass is 16.5. The van der Waals surface area contributed by atoms with Crippen LogP contribution in [0.2, 0.25) is 0 Å². The summed E-state index contributed by atoms with van der Waals surface area (Å²) in [6.07, 6.45) is 4.00. The summed E-state index contributed by atoms with van der Waals surface area (Å²) in [5, 5.41) is 0. The number of nitrogens with two attached hydrogens (primary N) is 1. The van der Waals surface area contributed by atoms with Crippen molar-refractivity contribution in [1.29, 1.82) is 0 Å². The highest BCUT2D eigenvalue weighted by Crippen LogP contribution is 2.24. The van der Waals surface area contributed by atoms with Crippen LogP contribution >= 0.6 is 0 Å². The van der Waals surface area contributed by atoms with Crippen molar-refractivity contribution in [3.63, 3.8) is 0 Å². The van der Waals surface area contributed by atoms with E-state index in [4.69, 9.17) is 14.9 Å². The first-order valence-electron chi connectivity index (χ1n) is 5.58. The average molecular weight is 218 g/mol. The number of hydrogen-bond acceptors (Lipinski definition) is 4. The van der Waals surface area contributed by atoms with Crippen molar-refractivity contribution in [3.05, 3.63) is 24.1 Å². The number of nitrogens with zero attached hydrogens (tertiary/aromatic N) is 1. The summed E-state index contributed by atoms with van der Waals surface area (Å²) >= 11 is 0. The molecule has 0 unspecified atom stereocenters. The molecule has 0 aliphatic heterocycles. The van der Waals surface area contributed by atoms with Gasteiger partial charge in [-0.1, -0.05) is 0 Å². The van der Waals surface area contributed by atoms with Crippen molar-refractivity contribution in [2.45, 2.75) is 32.0 Å². The van der Waals surface area contributed by atoms with E-state index in [1.165, 1.54) is 6.42 Å². The number of nitrogen functional groups attached to an aromatic ring is 1. The van der Waals surface area contributed by atoms with E-state index in [9.17, 15) is 0 Å². The standard InChI is InChI=1S/C12H14N2O2/c13-8-4-5-10-11(6-8)16-12(14-10)7-15-9-2-1-3-9/h4-6,9H,1-3,7,13H2. The van der Waals surface area contributed by atoms with Gasteiger partial charge in [0.1, 0.15) is 12.1 Å². The lowest BCUT2D eigenvalue weighted by molar-refractivity contribution is -0.0170. The van der Waals surface area contributed by atoms with Crippen molar-refractivity contribution < 1.29 is 9.15 Å². The van der Waals surface area contributed by atoms with E-state index in [1.807, 2.05) is 12.1 Å². The summed E-state index contributed by atoms with van der Waals surface area (Å²) in [5.41, 5.74) is 7.92. The number of ether oxygens (including phenoxy) is 1. The van der Waals surface area contributed by atoms with E-state index >= 15 is 0 Å². The van der Waals surface area contributed by atoms with E-state index in [1.54, 1.807) is 6.07 Å². The second-order valence-corrected chi connectivity index (χ2v) is 4.20. The van der Waals surface area contributed by atoms with Gasteiger partial charge in [-0.2, -0.15) is 0 Å². The van der Waals surface area contributed by atoms with Crippen LogP contribution in [-0.4, -0.2) is 11.1 Å². The van der Waals surface area contributed by atoms with Crippen LogP contribution < -0.4 is 5.73 Å². The molecule has 84 valence electrons. The maximum absolute atomic E-state index is 5.67. The quantitative estimate of drug-likeness (QED) is 0.804. The minimum absolute atomic E-state index is 0.403. The van der Waals surface area contributed by atoms with Crippen molar-refractivity contribution >= 4 is 16.8 Å². The lowest BCUT2D eigenvalue weighted by Gasteiger charge is -2.24. The Labute approximate surface area is 93.4 Å². The Morgan fingerprint density at radius 3 is 3.06 bits per heavy atom. The van der Waals surface area contributed by atoms with E-state index in [-0.39, 0.29) is 0 Å². The van der Waals surface area contributed by atoms with Crippen LogP contribution in [0.3, 0.4) is 0 Å². The Balaban J connectivity index is 1.76. The molecule has 0 bridgehead atoms. The molecule has 0 atom stereocenters. The third kappa shape index (κ3) is 1.76. The molecule has 1 heterocycles. The van der Waals surface area contributed by atoms with Gasteiger partial charge >= 0.3 is 0 Å². The summed E-state index contributed by atoms with van der Waals surface area (Å²) in [4.78, 5) is 4.34. The van der Waals surface area contributed by atoms with E-state index < -0.39 is 0 Å². The Hall–Kier alpha value is -1.55. The molecular weight excluding hydrogens is 204 g/mol. The number of fused-ring (bicyclic) bond motifs is 1. The van der Waals surface area contributed by atoms with Gasteiger partial charge in [0.25, 0.3) is 0 Å². The van der Waals surface area contributed by atoms with Crippen molar-refractivity contribution in [2.75, 3.05) is 5.73 Å². The predicted octanol–water partition coefficient (Wildman–Crippen LogP) is 2.48. The molecule has 3 rings (SSSR count). The van der Waals surface area contributed by atoms with Crippen molar-refractivity contribution in [3.8, 4) is 0 Å². The van der Waals surface area contributed by atoms with Gasteiger partial charge in [-0.15, -0.1) is 0 Å². The lowest BCUT2D eigenvalue weighted by atomic mass is 9.96. The molecule has 4 heteroatoms. The first kappa shape index (κ1) is 9.66. The van der Waals surface area contributed by atoms with Gasteiger partial charge in [0.2, 0.25) is 5.89 Å². The molecular formula is C12H14N2O2. The third-order valence-electron chi connectivity index (χ3n) is 2.95. The van der Waals surface area contributed by atoms with Gasteiger partial charge in [-0.25, -0.2) is 4.98 Å². The van der Waals surface area contributed by atoms with Gasteiger partial charge in [0.05, 0.1) is 6.10 Å². The van der Waals surface area contributed by atoms with E-state index in [2.05, 4.69) is 4.98 Å². The van der Waals surface area contributed by atoms with Gasteiger partial charge in [0.15, 0.2) is 5.58 Å². The normalized spacial score (nSPS) is 16.5. The second kappa shape index (κ2) is 3.79. The molecule has 0 spiro atoms. The molecule has 4 nitrogen and oxygen atoms in total. The van der Waals surface area contributed by atoms with Gasteiger partial charge in [0, 0.05) is 11.8 Å². The summed E-state index contributed by atoms with van der Waals surface area (Å²) in [5.74, 6) is 0.632. The molecule has 16 heavy (non-hydrogen) atoms. The number of hydrogen-bond donors (Lipinski definition) is 1. The Morgan fingerprint density at radius 1 is 1.44 bits per heavy atom. The minimum atomic E-state index is 0.403. The molecule has 1 aliphatic carbocycles. The van der Waals surface area contributed by atoms with E-state index in [0.29, 0.717) is 24.3 Å². The van der Waals surface area contributed by atoms with Crippen molar-refractivity contribution in [1.82, 2.24) is 4.98 Å². The molecule has 1 aromatic heterocycles. The SMILES string of the molecule is Nc1ccc2nc(COC3CCC3)oc2c1. The van der Waals surface area contributed by atoms with Gasteiger partial charge < -0.3 is 14.9 Å². The topological polar surface area (TPSA) is 61.3 Å². The summed E-state index contributed by atoms with van der Waals surface area (Å²) in [7, 11) is 0. The minimum Gasteiger partial charge on any atom is -0.438 e. The smallest absolute Gasteiger partial charge is 0.221 e. The van der Waals surface area contributed by atoms with Crippen LogP contribution in [0.4, 0.5) is 5.69 Å². The van der Waals surface area contributed by atoms with E-state index in [0.717, 1.165) is 23.9 Å². The fourth-order valence-electron chi connectivity index (χ4n) is 1.78. The van der Waals surface area contributed by atoms with Crippen molar-refractivity contribution in [2.24, 2.45) is 0 Å². The fourth-order valence-corrected chi connectivity index (χ4v) is 1.78. The molecule has 1 aromatic carbocycles. The molecule has 1 aliphatic rings. The van der Waals surface area contributed by atoms with Crippen LogP contribution in [0.15, 0.2) is 22.6 Å².